The predicted octanol–water partition coefficient (Wildman–Crippen LogP) is 5.69. The predicted molar refractivity (Wildman–Crippen MR) is 159 cm³/mol. The SMILES string of the molecule is Cc1cc(C)c(B(N(C(C)C)C(C)C)[Si](c2ccccc2)(c2ccccc2)[Si](C)(C)C)c(C)c1. The van der Waals surface area contributed by atoms with Gasteiger partial charge in [-0.15, -0.1) is 0 Å². The first kappa shape index (κ1) is 26.7. The number of aryl methyl sites for hydroxylation is 3. The van der Waals surface area contributed by atoms with Crippen LogP contribution in [0.4, 0.5) is 0 Å². The van der Waals surface area contributed by atoms with Crippen LogP contribution in [0.5, 0.6) is 0 Å². The van der Waals surface area contributed by atoms with E-state index in [0.717, 1.165) is 0 Å². The van der Waals surface area contributed by atoms with Gasteiger partial charge in [0.2, 0.25) is 0 Å². The largest absolute Gasteiger partial charge is 0.335 e. The summed E-state index contributed by atoms with van der Waals surface area (Å²) in [6.07, 6.45) is 0.365. The molecule has 3 aromatic rings. The Hall–Kier alpha value is -1.88. The smallest absolute Gasteiger partial charge is 0.255 e. The molecule has 3 rings (SSSR count). The molecular formula is C30H44BNSi2. The van der Waals surface area contributed by atoms with Gasteiger partial charge in [-0.25, -0.2) is 0 Å². The van der Waals surface area contributed by atoms with E-state index in [-0.39, 0.29) is 0 Å². The first-order valence-electron chi connectivity index (χ1n) is 12.9. The maximum Gasteiger partial charge on any atom is 0.255 e. The van der Waals surface area contributed by atoms with Crippen LogP contribution in [0.25, 0.3) is 0 Å². The van der Waals surface area contributed by atoms with Gasteiger partial charge in [0.15, 0.2) is 0 Å². The average molecular weight is 486 g/mol. The van der Waals surface area contributed by atoms with Gasteiger partial charge in [-0.3, -0.25) is 0 Å². The van der Waals surface area contributed by atoms with Gasteiger partial charge in [0.05, 0.1) is 0 Å². The molecule has 3 aromatic carbocycles. The molecule has 4 heteroatoms. The van der Waals surface area contributed by atoms with Crippen molar-refractivity contribution in [3.8, 4) is 0 Å². The highest BCUT2D eigenvalue weighted by Gasteiger charge is 2.59. The molecule has 0 saturated heterocycles. The highest BCUT2D eigenvalue weighted by Crippen LogP contribution is 2.28. The van der Waals surface area contributed by atoms with E-state index in [1.54, 1.807) is 15.8 Å². The lowest BCUT2D eigenvalue weighted by Gasteiger charge is -2.53. The van der Waals surface area contributed by atoms with Crippen LogP contribution in [0.3, 0.4) is 0 Å². The Morgan fingerprint density at radius 1 is 0.647 bits per heavy atom. The second-order valence-electron chi connectivity index (χ2n) is 11.6. The van der Waals surface area contributed by atoms with Crippen molar-refractivity contribution in [2.75, 3.05) is 0 Å². The van der Waals surface area contributed by atoms with Crippen molar-refractivity contribution in [1.82, 2.24) is 4.81 Å². The van der Waals surface area contributed by atoms with Crippen LogP contribution < -0.4 is 15.8 Å². The van der Waals surface area contributed by atoms with Crippen molar-refractivity contribution >= 4 is 37.3 Å². The Morgan fingerprint density at radius 2 is 1.03 bits per heavy atom. The molecule has 0 radical (unpaired) electrons. The zero-order chi connectivity index (χ0) is 25.3. The third kappa shape index (κ3) is 4.78. The lowest BCUT2D eigenvalue weighted by Crippen LogP contribution is -2.88. The third-order valence-corrected chi connectivity index (χ3v) is 23.5. The fraction of sp³-hybridized carbons (Fsp3) is 0.400. The molecule has 180 valence electrons. The normalized spacial score (nSPS) is 12.6. The first-order valence-corrected chi connectivity index (χ1v) is 19.5. The Morgan fingerprint density at radius 3 is 1.35 bits per heavy atom. The van der Waals surface area contributed by atoms with E-state index in [4.69, 9.17) is 0 Å². The minimum atomic E-state index is -2.32. The Balaban J connectivity index is 2.60. The van der Waals surface area contributed by atoms with Crippen molar-refractivity contribution in [3.05, 3.63) is 89.5 Å². The summed E-state index contributed by atoms with van der Waals surface area (Å²) in [5.41, 5.74) is 5.80. The molecule has 0 bridgehead atoms. The van der Waals surface area contributed by atoms with Crippen molar-refractivity contribution in [2.45, 2.75) is 80.2 Å². The van der Waals surface area contributed by atoms with Crippen molar-refractivity contribution in [3.63, 3.8) is 0 Å². The number of nitrogens with zero attached hydrogens (tertiary/aromatic N) is 1. The maximum absolute atomic E-state index is 2.86. The molecule has 34 heavy (non-hydrogen) atoms. The summed E-state index contributed by atoms with van der Waals surface area (Å²) in [6.45, 7) is 24.4. The number of rotatable bonds is 8. The highest BCUT2D eigenvalue weighted by atomic mass is 29.3. The van der Waals surface area contributed by atoms with Crippen molar-refractivity contribution in [1.29, 1.82) is 0 Å². The van der Waals surface area contributed by atoms with Gasteiger partial charge in [-0.05, 0) is 32.9 Å². The summed E-state index contributed by atoms with van der Waals surface area (Å²) in [4.78, 5) is 2.86. The molecular weight excluding hydrogens is 441 g/mol. The molecule has 0 saturated carbocycles. The third-order valence-electron chi connectivity index (χ3n) is 7.55. The van der Waals surface area contributed by atoms with Crippen LogP contribution in [-0.2, 0) is 0 Å². The summed E-state index contributed by atoms with van der Waals surface area (Å²) in [7, 11) is -4.10. The van der Waals surface area contributed by atoms with Crippen LogP contribution in [0.1, 0.15) is 44.4 Å². The van der Waals surface area contributed by atoms with Gasteiger partial charge >= 0.3 is 0 Å². The molecule has 1 nitrogen and oxygen atoms in total. The van der Waals surface area contributed by atoms with Gasteiger partial charge < -0.3 is 4.81 Å². The van der Waals surface area contributed by atoms with Gasteiger partial charge in [-0.2, -0.15) is 0 Å². The monoisotopic (exact) mass is 485 g/mol. The van der Waals surface area contributed by atoms with Crippen LogP contribution >= 0.6 is 0 Å². The summed E-state index contributed by atoms with van der Waals surface area (Å²) in [6, 6.07) is 28.9. The topological polar surface area (TPSA) is 3.24 Å². The van der Waals surface area contributed by atoms with Crippen LogP contribution in [-0.4, -0.2) is 38.4 Å². The van der Waals surface area contributed by atoms with Crippen LogP contribution in [0.2, 0.25) is 19.6 Å². The quantitative estimate of drug-likeness (QED) is 0.371. The molecule has 0 aliphatic carbocycles. The minimum Gasteiger partial charge on any atom is -0.335 e. The van der Waals surface area contributed by atoms with Crippen molar-refractivity contribution in [2.24, 2.45) is 0 Å². The number of hydrogen-bond donors (Lipinski definition) is 0. The number of hydrogen-bond acceptors (Lipinski definition) is 1. The summed E-state index contributed by atoms with van der Waals surface area (Å²) in [5.74, 6) is 0. The zero-order valence-electron chi connectivity index (χ0n) is 23.1. The lowest BCUT2D eigenvalue weighted by atomic mass is 9.70. The summed E-state index contributed by atoms with van der Waals surface area (Å²) in [5, 5.41) is 3.16. The van der Waals surface area contributed by atoms with Crippen LogP contribution in [0, 0.1) is 20.8 Å². The first-order chi connectivity index (χ1) is 15.9. The lowest BCUT2D eigenvalue weighted by molar-refractivity contribution is 0.311. The average Bonchev–Trinajstić information content (AvgIpc) is 2.73. The standard InChI is InChI=1S/C30H44BNSi2/c1-23(2)32(24(3)4)31(30-26(6)21-25(5)22-27(30)7)34(33(8,9)10,28-17-13-11-14-18-28)29-19-15-12-16-20-29/h11-24H,1-10H3. The minimum absolute atomic E-state index is 0.365. The maximum atomic E-state index is 2.86. The second-order valence-corrected chi connectivity index (χ2v) is 26.3. The van der Waals surface area contributed by atoms with E-state index < -0.39 is 15.1 Å². The molecule has 0 aromatic heterocycles. The molecule has 0 N–H and O–H groups in total. The van der Waals surface area contributed by atoms with Gasteiger partial charge in [0.1, 0.15) is 7.46 Å². The van der Waals surface area contributed by atoms with E-state index in [1.165, 1.54) is 16.7 Å². The fourth-order valence-electron chi connectivity index (χ4n) is 6.56. The van der Waals surface area contributed by atoms with Gasteiger partial charge in [0.25, 0.3) is 6.44 Å². The molecule has 0 aliphatic heterocycles. The van der Waals surface area contributed by atoms with Gasteiger partial charge in [-0.1, -0.05) is 153 Å². The Labute approximate surface area is 211 Å². The Bertz CT molecular complexity index is 1020. The number of benzene rings is 3. The van der Waals surface area contributed by atoms with E-state index in [1.807, 2.05) is 0 Å². The molecule has 0 heterocycles. The van der Waals surface area contributed by atoms with Gasteiger partial charge in [0, 0.05) is 7.59 Å². The van der Waals surface area contributed by atoms with E-state index >= 15 is 0 Å². The molecule has 0 aliphatic rings. The molecule has 0 fully saturated rings. The van der Waals surface area contributed by atoms with E-state index in [2.05, 4.69) is 146 Å². The van der Waals surface area contributed by atoms with Crippen molar-refractivity contribution < 1.29 is 0 Å². The van der Waals surface area contributed by atoms with E-state index in [9.17, 15) is 0 Å². The zero-order valence-corrected chi connectivity index (χ0v) is 25.1. The highest BCUT2D eigenvalue weighted by molar-refractivity contribution is 7.74. The summed E-state index contributed by atoms with van der Waals surface area (Å²) >= 11 is 0. The molecule has 0 amide bonds. The summed E-state index contributed by atoms with van der Waals surface area (Å²) < 4.78 is 0. The van der Waals surface area contributed by atoms with E-state index in [0.29, 0.717) is 18.5 Å². The fourth-order valence-corrected chi connectivity index (χ4v) is 23.0. The van der Waals surface area contributed by atoms with Crippen LogP contribution in [0.15, 0.2) is 72.8 Å². The molecule has 0 unspecified atom stereocenters. The second kappa shape index (κ2) is 10.4. The Kier molecular flexibility index (Phi) is 8.17. The molecule has 0 atom stereocenters. The molecule has 0 spiro atoms.